The van der Waals surface area contributed by atoms with Crippen LogP contribution in [0.2, 0.25) is 0 Å². The van der Waals surface area contributed by atoms with E-state index in [-0.39, 0.29) is 11.6 Å². The molecule has 1 aliphatic heterocycles. The Balaban J connectivity index is 1.42. The van der Waals surface area contributed by atoms with E-state index >= 15 is 0 Å². The van der Waals surface area contributed by atoms with Crippen molar-refractivity contribution in [3.63, 3.8) is 0 Å². The van der Waals surface area contributed by atoms with E-state index in [0.29, 0.717) is 11.2 Å². The number of hydrogen-bond acceptors (Lipinski definition) is 5. The molecule has 1 atom stereocenters. The van der Waals surface area contributed by atoms with E-state index in [1.54, 1.807) is 0 Å². The maximum atomic E-state index is 13.1. The van der Waals surface area contributed by atoms with Crippen molar-refractivity contribution in [3.05, 3.63) is 81.7 Å². The summed E-state index contributed by atoms with van der Waals surface area (Å²) in [5.41, 5.74) is 4.57. The van der Waals surface area contributed by atoms with E-state index in [4.69, 9.17) is 4.98 Å². The summed E-state index contributed by atoms with van der Waals surface area (Å²) < 4.78 is 0. The minimum absolute atomic E-state index is 0.0130. The molecule has 4 aromatic rings. The molecule has 1 saturated heterocycles. The average molecular weight is 445 g/mol. The first kappa shape index (κ1) is 20.9. The van der Waals surface area contributed by atoms with Crippen molar-refractivity contribution >= 4 is 27.2 Å². The molecule has 164 valence electrons. The van der Waals surface area contributed by atoms with Crippen LogP contribution in [-0.4, -0.2) is 35.0 Å². The molecule has 32 heavy (non-hydrogen) atoms. The van der Waals surface area contributed by atoms with Crippen molar-refractivity contribution in [2.24, 2.45) is 0 Å². The lowest BCUT2D eigenvalue weighted by Gasteiger charge is -2.27. The van der Waals surface area contributed by atoms with Crippen LogP contribution in [0.1, 0.15) is 37.2 Å². The van der Waals surface area contributed by atoms with Gasteiger partial charge in [-0.25, -0.2) is 4.98 Å². The maximum Gasteiger partial charge on any atom is 0.260 e. The Bertz CT molecular complexity index is 1270. The van der Waals surface area contributed by atoms with Gasteiger partial charge in [0, 0.05) is 36.3 Å². The van der Waals surface area contributed by atoms with Crippen LogP contribution in [-0.2, 0) is 6.54 Å². The van der Waals surface area contributed by atoms with Crippen molar-refractivity contribution in [1.29, 1.82) is 0 Å². The molecule has 1 unspecified atom stereocenters. The zero-order chi connectivity index (χ0) is 22.1. The number of aromatic amines is 1. The second-order valence-corrected chi connectivity index (χ2v) is 9.42. The molecule has 0 saturated carbocycles. The second kappa shape index (κ2) is 8.88. The predicted molar refractivity (Wildman–Crippen MR) is 133 cm³/mol. The fraction of sp³-hybridized carbons (Fsp3) is 0.308. The smallest absolute Gasteiger partial charge is 0.260 e. The number of rotatable bonds is 6. The van der Waals surface area contributed by atoms with Crippen molar-refractivity contribution < 1.29 is 0 Å². The van der Waals surface area contributed by atoms with Gasteiger partial charge >= 0.3 is 0 Å². The Morgan fingerprint density at radius 3 is 2.59 bits per heavy atom. The molecule has 0 spiro atoms. The van der Waals surface area contributed by atoms with Gasteiger partial charge in [-0.3, -0.25) is 9.69 Å². The minimum atomic E-state index is -0.0668. The Morgan fingerprint density at radius 2 is 1.81 bits per heavy atom. The van der Waals surface area contributed by atoms with Crippen molar-refractivity contribution in [3.8, 4) is 11.1 Å². The van der Waals surface area contributed by atoms with Gasteiger partial charge in [0.25, 0.3) is 5.56 Å². The first-order chi connectivity index (χ1) is 15.6. The molecule has 1 N–H and O–H groups in total. The molecule has 6 heteroatoms. The lowest BCUT2D eigenvalue weighted by atomic mass is 10.1. The summed E-state index contributed by atoms with van der Waals surface area (Å²) in [6, 6.07) is 18.7. The summed E-state index contributed by atoms with van der Waals surface area (Å²) >= 11 is 1.53. The number of anilines is 1. The average Bonchev–Trinajstić information content (AvgIpc) is 3.50. The van der Waals surface area contributed by atoms with Gasteiger partial charge in [0.2, 0.25) is 0 Å². The van der Waals surface area contributed by atoms with E-state index in [0.717, 1.165) is 35.6 Å². The monoisotopic (exact) mass is 444 g/mol. The summed E-state index contributed by atoms with van der Waals surface area (Å²) in [6.45, 7) is 5.16. The third-order valence-electron chi connectivity index (χ3n) is 6.46. The molecule has 1 fully saturated rings. The van der Waals surface area contributed by atoms with Crippen LogP contribution in [0, 0.1) is 0 Å². The van der Waals surface area contributed by atoms with Crippen LogP contribution in [0.4, 0.5) is 5.69 Å². The number of aromatic nitrogens is 2. The number of thiophene rings is 1. The summed E-state index contributed by atoms with van der Waals surface area (Å²) in [4.78, 5) is 26.5. The third-order valence-corrected chi connectivity index (χ3v) is 7.33. The zero-order valence-electron chi connectivity index (χ0n) is 18.5. The van der Waals surface area contributed by atoms with Crippen LogP contribution in [0.25, 0.3) is 21.3 Å². The highest BCUT2D eigenvalue weighted by atomic mass is 32.1. The lowest BCUT2D eigenvalue weighted by Crippen LogP contribution is -2.27. The van der Waals surface area contributed by atoms with Gasteiger partial charge < -0.3 is 9.88 Å². The largest absolute Gasteiger partial charge is 0.371 e. The third kappa shape index (κ3) is 3.96. The molecule has 3 heterocycles. The van der Waals surface area contributed by atoms with Crippen molar-refractivity contribution in [2.45, 2.75) is 32.4 Å². The van der Waals surface area contributed by atoms with Gasteiger partial charge in [-0.15, -0.1) is 11.3 Å². The summed E-state index contributed by atoms with van der Waals surface area (Å²) in [6.07, 6.45) is 2.52. The van der Waals surface area contributed by atoms with Gasteiger partial charge in [-0.1, -0.05) is 48.5 Å². The lowest BCUT2D eigenvalue weighted by molar-refractivity contribution is 0.244. The Kier molecular flexibility index (Phi) is 5.81. The van der Waals surface area contributed by atoms with E-state index in [9.17, 15) is 4.79 Å². The standard InChI is InChI=1S/C26H28N4OS/c1-18(29(2)16-20-12-6-7-13-22(20)30-14-8-9-15-30)24-27-25(31)23-21(17-32-26(23)28-24)19-10-4-3-5-11-19/h3-7,10-13,17-18H,8-9,14-16H2,1-2H3,(H,27,28,31). The number of H-pyrrole nitrogens is 1. The topological polar surface area (TPSA) is 52.2 Å². The highest BCUT2D eigenvalue weighted by Crippen LogP contribution is 2.32. The van der Waals surface area contributed by atoms with Gasteiger partial charge in [0.1, 0.15) is 10.7 Å². The number of hydrogen-bond donors (Lipinski definition) is 1. The van der Waals surface area contributed by atoms with Crippen molar-refractivity contribution in [2.75, 3.05) is 25.0 Å². The molecule has 0 aliphatic carbocycles. The van der Waals surface area contributed by atoms with E-state index in [1.165, 1.54) is 35.4 Å². The number of benzene rings is 2. The summed E-state index contributed by atoms with van der Waals surface area (Å²) in [7, 11) is 2.10. The zero-order valence-corrected chi connectivity index (χ0v) is 19.4. The van der Waals surface area contributed by atoms with Crippen molar-refractivity contribution in [1.82, 2.24) is 14.9 Å². The Morgan fingerprint density at radius 1 is 1.09 bits per heavy atom. The molecule has 0 bridgehead atoms. The minimum Gasteiger partial charge on any atom is -0.371 e. The van der Waals surface area contributed by atoms with Gasteiger partial charge in [-0.2, -0.15) is 0 Å². The quantitative estimate of drug-likeness (QED) is 0.430. The van der Waals surface area contributed by atoms with E-state index in [1.807, 2.05) is 35.7 Å². The number of nitrogens with zero attached hydrogens (tertiary/aromatic N) is 3. The molecule has 0 amide bonds. The van der Waals surface area contributed by atoms with Gasteiger partial charge in [0.05, 0.1) is 11.4 Å². The van der Waals surface area contributed by atoms with Crippen LogP contribution in [0.5, 0.6) is 0 Å². The molecular formula is C26H28N4OS. The Hall–Kier alpha value is -2.96. The van der Waals surface area contributed by atoms with E-state index in [2.05, 4.69) is 53.0 Å². The normalized spacial score (nSPS) is 15.0. The van der Waals surface area contributed by atoms with Crippen LogP contribution < -0.4 is 10.5 Å². The van der Waals surface area contributed by atoms with Crippen LogP contribution in [0.15, 0.2) is 64.8 Å². The predicted octanol–water partition coefficient (Wildman–Crippen LogP) is 5.44. The summed E-state index contributed by atoms with van der Waals surface area (Å²) in [5, 5.41) is 2.71. The fourth-order valence-electron chi connectivity index (χ4n) is 4.52. The van der Waals surface area contributed by atoms with Crippen LogP contribution >= 0.6 is 11.3 Å². The first-order valence-electron chi connectivity index (χ1n) is 11.2. The maximum absolute atomic E-state index is 13.1. The number of fused-ring (bicyclic) bond motifs is 1. The number of nitrogens with one attached hydrogen (secondary N) is 1. The second-order valence-electron chi connectivity index (χ2n) is 8.56. The molecule has 2 aromatic carbocycles. The van der Waals surface area contributed by atoms with E-state index < -0.39 is 0 Å². The van der Waals surface area contributed by atoms with Gasteiger partial charge in [-0.05, 0) is 44.0 Å². The molecule has 2 aromatic heterocycles. The Labute approximate surface area is 192 Å². The SMILES string of the molecule is CC(c1nc2scc(-c3ccccc3)c2c(=O)[nH]1)N(C)Cc1ccccc1N1CCCC1. The summed E-state index contributed by atoms with van der Waals surface area (Å²) in [5.74, 6) is 0.713. The molecule has 0 radical (unpaired) electrons. The van der Waals surface area contributed by atoms with Crippen LogP contribution in [0.3, 0.4) is 0 Å². The highest BCUT2D eigenvalue weighted by molar-refractivity contribution is 7.17. The fourth-order valence-corrected chi connectivity index (χ4v) is 5.47. The molecule has 5 rings (SSSR count). The molecule has 5 nitrogen and oxygen atoms in total. The molecule has 1 aliphatic rings. The first-order valence-corrected chi connectivity index (χ1v) is 12.1. The molecular weight excluding hydrogens is 416 g/mol. The highest BCUT2D eigenvalue weighted by Gasteiger charge is 2.21. The number of para-hydroxylation sites is 1. The van der Waals surface area contributed by atoms with Gasteiger partial charge in [0.15, 0.2) is 0 Å².